The molecule has 3 aromatic carbocycles. The molecule has 1 N–H and O–H groups in total. The molecule has 7 heteroatoms. The largest absolute Gasteiger partial charge is 0.497 e. The van der Waals surface area contributed by atoms with E-state index < -0.39 is 0 Å². The lowest BCUT2D eigenvalue weighted by atomic mass is 9.88. The topological polar surface area (TPSA) is 63.7 Å². The molecule has 1 aromatic heterocycles. The first kappa shape index (κ1) is 27.5. The number of rotatable bonds is 14. The molecule has 4 rings (SSSR count). The molecule has 0 spiro atoms. The number of hydrogen-bond acceptors (Lipinski definition) is 6. The summed E-state index contributed by atoms with van der Waals surface area (Å²) in [4.78, 5) is 19.5. The maximum atomic E-state index is 12.5. The standard InChI is InChI=1S/C31H35N3O3S/c1-36-20-18-32-31(35)29-23-38-30(33-29)22-34(21-24-13-15-27(37-2)16-14-24)19-17-28(25-9-5-3-6-10-25)26-11-7-4-8-12-26/h3-16,23,28H,17-22H2,1-2H3,(H,32,35). The van der Waals surface area contributed by atoms with Gasteiger partial charge >= 0.3 is 0 Å². The molecule has 198 valence electrons. The second kappa shape index (κ2) is 14.4. The number of carbonyl (C=O) groups is 1. The van der Waals surface area contributed by atoms with Gasteiger partial charge in [0.25, 0.3) is 5.91 Å². The van der Waals surface area contributed by atoms with Gasteiger partial charge in [-0.3, -0.25) is 9.69 Å². The summed E-state index contributed by atoms with van der Waals surface area (Å²) in [5.41, 5.74) is 4.28. The minimum Gasteiger partial charge on any atom is -0.497 e. The van der Waals surface area contributed by atoms with E-state index in [2.05, 4.69) is 88.0 Å². The third-order valence-corrected chi connectivity index (χ3v) is 7.27. The first-order chi connectivity index (χ1) is 18.7. The van der Waals surface area contributed by atoms with Gasteiger partial charge in [0.15, 0.2) is 0 Å². The lowest BCUT2D eigenvalue weighted by Crippen LogP contribution is -2.28. The van der Waals surface area contributed by atoms with E-state index in [0.29, 0.717) is 25.4 Å². The Labute approximate surface area is 229 Å². The lowest BCUT2D eigenvalue weighted by molar-refractivity contribution is 0.0932. The van der Waals surface area contributed by atoms with Crippen LogP contribution >= 0.6 is 11.3 Å². The van der Waals surface area contributed by atoms with Gasteiger partial charge in [-0.05, 0) is 41.8 Å². The Morgan fingerprint density at radius 1 is 0.921 bits per heavy atom. The van der Waals surface area contributed by atoms with Crippen molar-refractivity contribution >= 4 is 17.2 Å². The number of nitrogens with zero attached hydrogens (tertiary/aromatic N) is 2. The van der Waals surface area contributed by atoms with E-state index >= 15 is 0 Å². The summed E-state index contributed by atoms with van der Waals surface area (Å²) in [5.74, 6) is 0.964. The van der Waals surface area contributed by atoms with Crippen molar-refractivity contribution in [3.05, 3.63) is 118 Å². The third kappa shape index (κ3) is 7.99. The Hall–Kier alpha value is -3.52. The van der Waals surface area contributed by atoms with Crippen molar-refractivity contribution in [2.45, 2.75) is 25.4 Å². The average Bonchev–Trinajstić information content (AvgIpc) is 3.43. The highest BCUT2D eigenvalue weighted by atomic mass is 32.1. The summed E-state index contributed by atoms with van der Waals surface area (Å²) in [6, 6.07) is 29.6. The molecule has 0 saturated heterocycles. The summed E-state index contributed by atoms with van der Waals surface area (Å²) in [6.07, 6.45) is 0.958. The van der Waals surface area contributed by atoms with Crippen LogP contribution in [-0.4, -0.2) is 49.7 Å². The van der Waals surface area contributed by atoms with Gasteiger partial charge in [-0.15, -0.1) is 11.3 Å². The van der Waals surface area contributed by atoms with Crippen LogP contribution in [0.2, 0.25) is 0 Å². The van der Waals surface area contributed by atoms with Crippen molar-refractivity contribution in [3.63, 3.8) is 0 Å². The SMILES string of the molecule is COCCNC(=O)c1csc(CN(CCC(c2ccccc2)c2ccccc2)Cc2ccc(OC)cc2)n1. The fourth-order valence-corrected chi connectivity index (χ4v) is 5.26. The predicted molar refractivity (Wildman–Crippen MR) is 153 cm³/mol. The molecule has 38 heavy (non-hydrogen) atoms. The number of amides is 1. The van der Waals surface area contributed by atoms with E-state index in [1.807, 2.05) is 17.5 Å². The molecule has 0 fully saturated rings. The molecule has 0 atom stereocenters. The Morgan fingerprint density at radius 2 is 1.58 bits per heavy atom. The Bertz CT molecular complexity index is 1210. The molecular weight excluding hydrogens is 494 g/mol. The highest BCUT2D eigenvalue weighted by Crippen LogP contribution is 2.29. The van der Waals surface area contributed by atoms with Crippen LogP contribution in [-0.2, 0) is 17.8 Å². The number of aromatic nitrogens is 1. The molecule has 0 aliphatic heterocycles. The summed E-state index contributed by atoms with van der Waals surface area (Å²) in [5, 5.41) is 5.60. The van der Waals surface area contributed by atoms with Crippen molar-refractivity contribution in [1.82, 2.24) is 15.2 Å². The third-order valence-electron chi connectivity index (χ3n) is 6.44. The molecular formula is C31H35N3O3S. The van der Waals surface area contributed by atoms with Crippen LogP contribution in [0.4, 0.5) is 0 Å². The summed E-state index contributed by atoms with van der Waals surface area (Å²) >= 11 is 1.52. The van der Waals surface area contributed by atoms with E-state index in [9.17, 15) is 4.79 Å². The van der Waals surface area contributed by atoms with Gasteiger partial charge in [0, 0.05) is 31.5 Å². The van der Waals surface area contributed by atoms with E-state index in [1.54, 1.807) is 14.2 Å². The predicted octanol–water partition coefficient (Wildman–Crippen LogP) is 5.75. The zero-order chi connectivity index (χ0) is 26.6. The van der Waals surface area contributed by atoms with Gasteiger partial charge in [0.2, 0.25) is 0 Å². The molecule has 0 aliphatic rings. The molecule has 6 nitrogen and oxygen atoms in total. The fraction of sp³-hybridized carbons (Fsp3) is 0.290. The van der Waals surface area contributed by atoms with Crippen LogP contribution in [0.15, 0.2) is 90.3 Å². The van der Waals surface area contributed by atoms with Crippen molar-refractivity contribution in [2.24, 2.45) is 0 Å². The number of nitrogens with one attached hydrogen (secondary N) is 1. The van der Waals surface area contributed by atoms with Gasteiger partial charge in [0.05, 0.1) is 20.3 Å². The zero-order valence-electron chi connectivity index (χ0n) is 22.0. The summed E-state index contributed by atoms with van der Waals surface area (Å²) < 4.78 is 10.4. The number of methoxy groups -OCH3 is 2. The molecule has 1 amide bonds. The van der Waals surface area contributed by atoms with Gasteiger partial charge in [-0.2, -0.15) is 0 Å². The second-order valence-corrected chi connectivity index (χ2v) is 10.0. The zero-order valence-corrected chi connectivity index (χ0v) is 22.8. The van der Waals surface area contributed by atoms with Gasteiger partial charge in [0.1, 0.15) is 16.5 Å². The quantitative estimate of drug-likeness (QED) is 0.211. The van der Waals surface area contributed by atoms with Gasteiger partial charge < -0.3 is 14.8 Å². The molecule has 1 heterocycles. The minimum atomic E-state index is -0.167. The Morgan fingerprint density at radius 3 is 2.18 bits per heavy atom. The maximum absolute atomic E-state index is 12.5. The number of benzene rings is 3. The van der Waals surface area contributed by atoms with Crippen molar-refractivity contribution in [2.75, 3.05) is 33.9 Å². The number of hydrogen-bond donors (Lipinski definition) is 1. The first-order valence-corrected chi connectivity index (χ1v) is 13.7. The van der Waals surface area contributed by atoms with E-state index in [1.165, 1.54) is 28.0 Å². The van der Waals surface area contributed by atoms with Crippen LogP contribution in [0, 0.1) is 0 Å². The van der Waals surface area contributed by atoms with E-state index in [-0.39, 0.29) is 11.8 Å². The molecule has 0 bridgehead atoms. The van der Waals surface area contributed by atoms with E-state index in [4.69, 9.17) is 9.47 Å². The van der Waals surface area contributed by atoms with Gasteiger partial charge in [-0.1, -0.05) is 72.8 Å². The normalized spacial score (nSPS) is 11.2. The second-order valence-electron chi connectivity index (χ2n) is 9.10. The van der Waals surface area contributed by atoms with Crippen molar-refractivity contribution < 1.29 is 14.3 Å². The Balaban J connectivity index is 1.51. The van der Waals surface area contributed by atoms with Gasteiger partial charge in [-0.25, -0.2) is 4.98 Å². The molecule has 0 unspecified atom stereocenters. The van der Waals surface area contributed by atoms with Crippen LogP contribution in [0.3, 0.4) is 0 Å². The average molecular weight is 530 g/mol. The smallest absolute Gasteiger partial charge is 0.270 e. The first-order valence-electron chi connectivity index (χ1n) is 12.8. The lowest BCUT2D eigenvalue weighted by Gasteiger charge is -2.25. The fourth-order valence-electron chi connectivity index (χ4n) is 4.45. The highest BCUT2D eigenvalue weighted by molar-refractivity contribution is 7.09. The monoisotopic (exact) mass is 529 g/mol. The summed E-state index contributed by atoms with van der Waals surface area (Å²) in [6.45, 7) is 3.25. The van der Waals surface area contributed by atoms with E-state index in [0.717, 1.165) is 30.3 Å². The molecule has 0 saturated carbocycles. The van der Waals surface area contributed by atoms with Crippen LogP contribution in [0.5, 0.6) is 5.75 Å². The number of thiazole rings is 1. The molecule has 4 aromatic rings. The minimum absolute atomic E-state index is 0.167. The van der Waals surface area contributed by atoms with Crippen LogP contribution < -0.4 is 10.1 Å². The number of ether oxygens (including phenoxy) is 2. The highest BCUT2D eigenvalue weighted by Gasteiger charge is 2.18. The molecule has 0 aliphatic carbocycles. The van der Waals surface area contributed by atoms with Crippen molar-refractivity contribution in [3.8, 4) is 5.75 Å². The van der Waals surface area contributed by atoms with Crippen molar-refractivity contribution in [1.29, 1.82) is 0 Å². The molecule has 0 radical (unpaired) electrons. The van der Waals surface area contributed by atoms with Crippen LogP contribution in [0.1, 0.15) is 44.5 Å². The summed E-state index contributed by atoms with van der Waals surface area (Å²) in [7, 11) is 3.30. The van der Waals surface area contributed by atoms with Crippen LogP contribution in [0.25, 0.3) is 0 Å². The Kier molecular flexibility index (Phi) is 10.4. The number of carbonyl (C=O) groups excluding carboxylic acids is 1. The maximum Gasteiger partial charge on any atom is 0.270 e.